The van der Waals surface area contributed by atoms with E-state index < -0.39 is 5.41 Å². The van der Waals surface area contributed by atoms with Gasteiger partial charge in [0, 0.05) is 45.1 Å². The lowest BCUT2D eigenvalue weighted by atomic mass is 9.57. The van der Waals surface area contributed by atoms with Gasteiger partial charge in [0.15, 0.2) is 0 Å². The average molecular weight is 682 g/mol. The molecule has 7 aromatic carbocycles. The Labute approximate surface area is 308 Å². The van der Waals surface area contributed by atoms with Gasteiger partial charge >= 0.3 is 0 Å². The van der Waals surface area contributed by atoms with Crippen molar-refractivity contribution in [1.29, 1.82) is 0 Å². The van der Waals surface area contributed by atoms with Crippen molar-refractivity contribution >= 4 is 27.4 Å². The van der Waals surface area contributed by atoms with Crippen LogP contribution in [0.15, 0.2) is 187 Å². The van der Waals surface area contributed by atoms with E-state index in [4.69, 9.17) is 9.47 Å². The van der Waals surface area contributed by atoms with Gasteiger partial charge in [-0.2, -0.15) is 0 Å². The van der Waals surface area contributed by atoms with Crippen LogP contribution in [0, 0.1) is 5.92 Å². The minimum atomic E-state index is -0.743. The molecule has 53 heavy (non-hydrogen) atoms. The first-order valence-electron chi connectivity index (χ1n) is 18.5. The predicted molar refractivity (Wildman–Crippen MR) is 215 cm³/mol. The Bertz CT molecular complexity index is 2830. The smallest absolute Gasteiger partial charge is 0.132 e. The SMILES string of the molecule is CC1C=C(c2cccc3c2c2ccccc2n3-c2ccccc2)C2=C(C1)Oc1ccccc1C21c2ccccc2Oc2cccc(-c3ccccc3)c21. The van der Waals surface area contributed by atoms with Crippen molar-refractivity contribution in [3.05, 3.63) is 210 Å². The van der Waals surface area contributed by atoms with Crippen molar-refractivity contribution in [2.24, 2.45) is 5.92 Å². The summed E-state index contributed by atoms with van der Waals surface area (Å²) in [5.41, 5.74) is 12.1. The summed E-state index contributed by atoms with van der Waals surface area (Å²) in [5.74, 6) is 3.89. The molecule has 0 amide bonds. The zero-order valence-corrected chi connectivity index (χ0v) is 29.3. The van der Waals surface area contributed by atoms with E-state index in [1.807, 2.05) is 0 Å². The maximum absolute atomic E-state index is 7.13. The number of benzene rings is 7. The molecule has 3 aliphatic rings. The number of rotatable bonds is 3. The Morgan fingerprint density at radius 2 is 1.15 bits per heavy atom. The summed E-state index contributed by atoms with van der Waals surface area (Å²) >= 11 is 0. The molecule has 2 atom stereocenters. The molecular weight excluding hydrogens is 647 g/mol. The van der Waals surface area contributed by atoms with Crippen LogP contribution in [0.1, 0.15) is 35.6 Å². The van der Waals surface area contributed by atoms with Gasteiger partial charge in [-0.05, 0) is 70.6 Å². The topological polar surface area (TPSA) is 23.4 Å². The van der Waals surface area contributed by atoms with Crippen LogP contribution in [0.3, 0.4) is 0 Å². The van der Waals surface area contributed by atoms with Gasteiger partial charge in [-0.1, -0.05) is 140 Å². The van der Waals surface area contributed by atoms with Gasteiger partial charge in [-0.3, -0.25) is 0 Å². The van der Waals surface area contributed by atoms with Gasteiger partial charge in [-0.15, -0.1) is 0 Å². The van der Waals surface area contributed by atoms with E-state index >= 15 is 0 Å². The van der Waals surface area contributed by atoms with Crippen LogP contribution in [0.5, 0.6) is 17.2 Å². The lowest BCUT2D eigenvalue weighted by Gasteiger charge is -2.49. The Kier molecular flexibility index (Phi) is 6.51. The largest absolute Gasteiger partial charge is 0.461 e. The number of aromatic nitrogens is 1. The van der Waals surface area contributed by atoms with Gasteiger partial charge in [0.1, 0.15) is 23.0 Å². The van der Waals surface area contributed by atoms with E-state index in [2.05, 4.69) is 187 Å². The first-order valence-corrected chi connectivity index (χ1v) is 18.5. The zero-order chi connectivity index (χ0) is 35.1. The van der Waals surface area contributed by atoms with E-state index in [-0.39, 0.29) is 5.92 Å². The summed E-state index contributed by atoms with van der Waals surface area (Å²) in [7, 11) is 0. The number of para-hydroxylation sites is 4. The van der Waals surface area contributed by atoms with Crippen LogP contribution < -0.4 is 9.47 Å². The fourth-order valence-corrected chi connectivity index (χ4v) is 9.45. The zero-order valence-electron chi connectivity index (χ0n) is 29.3. The molecule has 3 nitrogen and oxygen atoms in total. The molecule has 0 saturated heterocycles. The highest BCUT2D eigenvalue weighted by atomic mass is 16.5. The highest BCUT2D eigenvalue weighted by Gasteiger charge is 2.54. The Morgan fingerprint density at radius 3 is 1.94 bits per heavy atom. The Hall–Kier alpha value is -6.58. The summed E-state index contributed by atoms with van der Waals surface area (Å²) in [5, 5.41) is 2.47. The average Bonchev–Trinajstić information content (AvgIpc) is 3.55. The molecule has 0 N–H and O–H groups in total. The molecule has 1 aromatic heterocycles. The first-order chi connectivity index (χ1) is 26.2. The molecule has 2 aliphatic heterocycles. The standard InChI is InChI=1S/C50H35NO2/c1-32-30-38(36-22-14-26-42-47(36)37-20-8-11-25-41(37)51(42)34-18-6-3-7-19-34)49-46(31-32)53-44-28-13-10-24-40(44)50(49)39-23-9-12-27-43(39)52-45-29-15-21-35(48(45)50)33-16-4-2-5-17-33/h2-30,32H,31H2,1H3. The van der Waals surface area contributed by atoms with E-state index in [0.29, 0.717) is 0 Å². The highest BCUT2D eigenvalue weighted by Crippen LogP contribution is 2.65. The summed E-state index contributed by atoms with van der Waals surface area (Å²) in [6.45, 7) is 2.31. The molecule has 0 radical (unpaired) electrons. The van der Waals surface area contributed by atoms with Crippen molar-refractivity contribution in [2.45, 2.75) is 18.8 Å². The number of allylic oxidation sites excluding steroid dienone is 4. The molecule has 1 aliphatic carbocycles. The third kappa shape index (κ3) is 4.22. The number of hydrogen-bond donors (Lipinski definition) is 0. The monoisotopic (exact) mass is 681 g/mol. The third-order valence-corrected chi connectivity index (χ3v) is 11.4. The van der Waals surface area contributed by atoms with E-state index in [0.717, 1.165) is 62.9 Å². The second kappa shape index (κ2) is 11.5. The van der Waals surface area contributed by atoms with Crippen molar-refractivity contribution in [2.75, 3.05) is 0 Å². The number of hydrogen-bond acceptors (Lipinski definition) is 2. The lowest BCUT2D eigenvalue weighted by molar-refractivity contribution is 0.340. The van der Waals surface area contributed by atoms with Crippen LogP contribution in [0.2, 0.25) is 0 Å². The van der Waals surface area contributed by atoms with Crippen LogP contribution in [-0.2, 0) is 5.41 Å². The molecule has 2 unspecified atom stereocenters. The molecule has 3 heterocycles. The van der Waals surface area contributed by atoms with Crippen LogP contribution >= 0.6 is 0 Å². The van der Waals surface area contributed by atoms with E-state index in [9.17, 15) is 0 Å². The van der Waals surface area contributed by atoms with Crippen molar-refractivity contribution in [3.63, 3.8) is 0 Å². The highest BCUT2D eigenvalue weighted by molar-refractivity contribution is 6.15. The van der Waals surface area contributed by atoms with E-state index in [1.54, 1.807) is 0 Å². The summed E-state index contributed by atoms with van der Waals surface area (Å²) in [6, 6.07) is 60.9. The van der Waals surface area contributed by atoms with Crippen molar-refractivity contribution < 1.29 is 9.47 Å². The van der Waals surface area contributed by atoms with Gasteiger partial charge < -0.3 is 14.0 Å². The second-order valence-corrected chi connectivity index (χ2v) is 14.4. The molecule has 11 rings (SSSR count). The Morgan fingerprint density at radius 1 is 0.547 bits per heavy atom. The number of nitrogens with zero attached hydrogens (tertiary/aromatic N) is 1. The minimum Gasteiger partial charge on any atom is -0.461 e. The molecule has 1 spiro atoms. The minimum absolute atomic E-state index is 0.253. The maximum Gasteiger partial charge on any atom is 0.132 e. The fraction of sp³-hybridized carbons (Fsp3) is 0.0800. The molecule has 0 fully saturated rings. The fourth-order valence-electron chi connectivity index (χ4n) is 9.45. The summed E-state index contributed by atoms with van der Waals surface area (Å²) < 4.78 is 16.5. The molecule has 0 saturated carbocycles. The van der Waals surface area contributed by atoms with Crippen molar-refractivity contribution in [3.8, 4) is 34.1 Å². The number of ether oxygens (including phenoxy) is 2. The lowest BCUT2D eigenvalue weighted by Crippen LogP contribution is -2.41. The quantitative estimate of drug-likeness (QED) is 0.185. The molecule has 252 valence electrons. The van der Waals surface area contributed by atoms with Gasteiger partial charge in [0.2, 0.25) is 0 Å². The van der Waals surface area contributed by atoms with Crippen molar-refractivity contribution in [1.82, 2.24) is 4.57 Å². The predicted octanol–water partition coefficient (Wildman–Crippen LogP) is 12.7. The van der Waals surface area contributed by atoms with Crippen LogP contribution in [0.4, 0.5) is 0 Å². The summed E-state index contributed by atoms with van der Waals surface area (Å²) in [4.78, 5) is 0. The molecule has 8 aromatic rings. The normalized spacial score (nSPS) is 18.4. The maximum atomic E-state index is 7.13. The first kappa shape index (κ1) is 30.1. The van der Waals surface area contributed by atoms with Gasteiger partial charge in [0.25, 0.3) is 0 Å². The van der Waals surface area contributed by atoms with Crippen LogP contribution in [-0.4, -0.2) is 4.57 Å². The molecule has 3 heteroatoms. The third-order valence-electron chi connectivity index (χ3n) is 11.4. The van der Waals surface area contributed by atoms with Gasteiger partial charge in [-0.25, -0.2) is 0 Å². The Balaban J connectivity index is 1.29. The van der Waals surface area contributed by atoms with Gasteiger partial charge in [0.05, 0.1) is 16.4 Å². The summed E-state index contributed by atoms with van der Waals surface area (Å²) in [6.07, 6.45) is 3.30. The number of fused-ring (bicyclic) bond motifs is 10. The molecular formula is C50H35NO2. The second-order valence-electron chi connectivity index (χ2n) is 14.4. The van der Waals surface area contributed by atoms with E-state index in [1.165, 1.54) is 38.5 Å². The van der Waals surface area contributed by atoms with Crippen LogP contribution in [0.25, 0.3) is 44.2 Å². The molecule has 0 bridgehead atoms.